The molecule has 2 N–H and O–H groups in total. The monoisotopic (exact) mass is 419 g/mol. The molecular weight excluding hydrogens is 398 g/mol. The molecule has 0 atom stereocenters. The van der Waals surface area contributed by atoms with E-state index in [1.165, 1.54) is 0 Å². The number of carbonyl (C=O) groups is 3. The van der Waals surface area contributed by atoms with Crippen molar-refractivity contribution in [2.45, 2.75) is 13.3 Å². The van der Waals surface area contributed by atoms with Gasteiger partial charge in [0.25, 0.3) is 11.1 Å². The summed E-state index contributed by atoms with van der Waals surface area (Å²) in [5, 5.41) is 3.49. The van der Waals surface area contributed by atoms with Gasteiger partial charge in [-0.2, -0.15) is 0 Å². The summed E-state index contributed by atoms with van der Waals surface area (Å²) in [4.78, 5) is 41.6. The number of aromatic nitrogens is 1. The van der Waals surface area contributed by atoms with Gasteiger partial charge in [-0.1, -0.05) is 48.0 Å². The molecular formula is C23H21N3O3S. The van der Waals surface area contributed by atoms with Gasteiger partial charge in [-0.05, 0) is 48.4 Å². The summed E-state index contributed by atoms with van der Waals surface area (Å²) in [7, 11) is 0. The maximum atomic E-state index is 12.6. The van der Waals surface area contributed by atoms with E-state index in [0.717, 1.165) is 44.3 Å². The van der Waals surface area contributed by atoms with E-state index in [9.17, 15) is 14.4 Å². The standard InChI is InChI=1S/C23H21N3O3S/c1-15-6-8-16(9-7-15)12-20-22(28)26(23(29)30-20)14-21(27)24-11-10-17-13-25-19-5-3-2-4-18(17)19/h2-9,12-13,25H,10-11,14H2,1H3,(H,24,27)/b20-12-. The summed E-state index contributed by atoms with van der Waals surface area (Å²) in [5.41, 5.74) is 4.12. The minimum Gasteiger partial charge on any atom is -0.361 e. The van der Waals surface area contributed by atoms with Crippen LogP contribution in [0.5, 0.6) is 0 Å². The lowest BCUT2D eigenvalue weighted by molar-refractivity contribution is -0.129. The molecule has 1 fully saturated rings. The smallest absolute Gasteiger partial charge is 0.294 e. The van der Waals surface area contributed by atoms with Crippen molar-refractivity contribution >= 4 is 45.8 Å². The molecule has 0 unspecified atom stereocenters. The van der Waals surface area contributed by atoms with Crippen molar-refractivity contribution in [1.82, 2.24) is 15.2 Å². The molecule has 2 heterocycles. The van der Waals surface area contributed by atoms with Crippen molar-refractivity contribution in [2.75, 3.05) is 13.1 Å². The Balaban J connectivity index is 1.33. The fourth-order valence-corrected chi connectivity index (χ4v) is 4.16. The number of amides is 3. The third-order valence-corrected chi connectivity index (χ3v) is 5.85. The number of aromatic amines is 1. The summed E-state index contributed by atoms with van der Waals surface area (Å²) in [6, 6.07) is 15.6. The third kappa shape index (κ3) is 4.31. The number of carbonyl (C=O) groups excluding carboxylic acids is 3. The van der Waals surface area contributed by atoms with Gasteiger partial charge in [-0.25, -0.2) is 0 Å². The molecule has 3 amide bonds. The molecule has 152 valence electrons. The van der Waals surface area contributed by atoms with Crippen molar-refractivity contribution in [2.24, 2.45) is 0 Å². The SMILES string of the molecule is Cc1ccc(/C=C2\SC(=O)N(CC(=O)NCCc3c[nH]c4ccccc34)C2=O)cc1. The van der Waals surface area contributed by atoms with Gasteiger partial charge in [0, 0.05) is 23.6 Å². The van der Waals surface area contributed by atoms with Crippen LogP contribution in [0, 0.1) is 6.92 Å². The highest BCUT2D eigenvalue weighted by molar-refractivity contribution is 8.18. The normalized spacial score (nSPS) is 15.4. The number of benzene rings is 2. The second-order valence-electron chi connectivity index (χ2n) is 7.14. The van der Waals surface area contributed by atoms with Crippen LogP contribution in [0.3, 0.4) is 0 Å². The van der Waals surface area contributed by atoms with Crippen molar-refractivity contribution in [1.29, 1.82) is 0 Å². The Morgan fingerprint density at radius 1 is 1.13 bits per heavy atom. The van der Waals surface area contributed by atoms with Gasteiger partial charge in [0.15, 0.2) is 0 Å². The number of fused-ring (bicyclic) bond motifs is 1. The Kier molecular flexibility index (Phi) is 5.72. The van der Waals surface area contributed by atoms with E-state index in [1.807, 2.05) is 61.7 Å². The highest BCUT2D eigenvalue weighted by atomic mass is 32.2. The van der Waals surface area contributed by atoms with E-state index in [-0.39, 0.29) is 12.5 Å². The number of nitrogens with zero attached hydrogens (tertiary/aromatic N) is 1. The quantitative estimate of drug-likeness (QED) is 0.594. The van der Waals surface area contributed by atoms with Gasteiger partial charge in [0.1, 0.15) is 6.54 Å². The van der Waals surface area contributed by atoms with Gasteiger partial charge in [-0.15, -0.1) is 0 Å². The number of hydrogen-bond acceptors (Lipinski definition) is 4. The molecule has 30 heavy (non-hydrogen) atoms. The highest BCUT2D eigenvalue weighted by Gasteiger charge is 2.36. The van der Waals surface area contributed by atoms with Crippen LogP contribution >= 0.6 is 11.8 Å². The number of nitrogens with one attached hydrogen (secondary N) is 2. The average Bonchev–Trinajstić information content (AvgIpc) is 3.26. The third-order valence-electron chi connectivity index (χ3n) is 4.94. The molecule has 1 saturated heterocycles. The van der Waals surface area contributed by atoms with Crippen molar-refractivity contribution in [3.05, 3.63) is 76.3 Å². The van der Waals surface area contributed by atoms with E-state index in [4.69, 9.17) is 0 Å². The lowest BCUT2D eigenvalue weighted by Gasteiger charge is -2.12. The first-order valence-electron chi connectivity index (χ1n) is 9.65. The highest BCUT2D eigenvalue weighted by Crippen LogP contribution is 2.32. The number of rotatable bonds is 6. The maximum absolute atomic E-state index is 12.6. The first kappa shape index (κ1) is 20.0. The summed E-state index contributed by atoms with van der Waals surface area (Å²) in [6.45, 7) is 2.13. The molecule has 0 aliphatic carbocycles. The van der Waals surface area contributed by atoms with Crippen LogP contribution < -0.4 is 5.32 Å². The number of imide groups is 1. The first-order valence-corrected chi connectivity index (χ1v) is 10.5. The molecule has 1 aliphatic heterocycles. The molecule has 7 heteroatoms. The Bertz CT molecular complexity index is 1150. The Morgan fingerprint density at radius 3 is 2.70 bits per heavy atom. The zero-order valence-corrected chi connectivity index (χ0v) is 17.3. The molecule has 3 aromatic rings. The van der Waals surface area contributed by atoms with Gasteiger partial charge in [0.05, 0.1) is 4.91 Å². The topological polar surface area (TPSA) is 82.3 Å². The molecule has 1 aromatic heterocycles. The second-order valence-corrected chi connectivity index (χ2v) is 8.13. The van der Waals surface area contributed by atoms with E-state index in [1.54, 1.807) is 6.08 Å². The molecule has 0 bridgehead atoms. The number of hydrogen-bond donors (Lipinski definition) is 2. The molecule has 1 aliphatic rings. The maximum Gasteiger partial charge on any atom is 0.294 e. The zero-order chi connectivity index (χ0) is 21.1. The van der Waals surface area contributed by atoms with Crippen molar-refractivity contribution < 1.29 is 14.4 Å². The number of para-hydroxylation sites is 1. The van der Waals surface area contributed by atoms with Crippen LogP contribution in [0.2, 0.25) is 0 Å². The fourth-order valence-electron chi connectivity index (χ4n) is 3.32. The summed E-state index contributed by atoms with van der Waals surface area (Å²) in [5.74, 6) is -0.786. The lowest BCUT2D eigenvalue weighted by Crippen LogP contribution is -2.40. The molecule has 0 radical (unpaired) electrons. The minimum absolute atomic E-state index is 0.274. The Hall–Kier alpha value is -3.32. The first-order chi connectivity index (χ1) is 14.5. The Labute approximate surface area is 178 Å². The summed E-state index contributed by atoms with van der Waals surface area (Å²) >= 11 is 0.860. The number of aryl methyl sites for hydroxylation is 1. The van der Waals surface area contributed by atoms with Crippen LogP contribution in [0.1, 0.15) is 16.7 Å². The van der Waals surface area contributed by atoms with Crippen molar-refractivity contribution in [3.8, 4) is 0 Å². The molecule has 0 saturated carbocycles. The van der Waals surface area contributed by atoms with Crippen molar-refractivity contribution in [3.63, 3.8) is 0 Å². The van der Waals surface area contributed by atoms with Gasteiger partial charge < -0.3 is 10.3 Å². The molecule has 6 nitrogen and oxygen atoms in total. The molecule has 0 spiro atoms. The van der Waals surface area contributed by atoms with E-state index in [2.05, 4.69) is 10.3 Å². The predicted molar refractivity (Wildman–Crippen MR) is 119 cm³/mol. The lowest BCUT2D eigenvalue weighted by atomic mass is 10.1. The fraction of sp³-hybridized carbons (Fsp3) is 0.174. The largest absolute Gasteiger partial charge is 0.361 e. The molecule has 4 rings (SSSR count). The van der Waals surface area contributed by atoms with Gasteiger partial charge in [0.2, 0.25) is 5.91 Å². The summed E-state index contributed by atoms with van der Waals surface area (Å²) < 4.78 is 0. The summed E-state index contributed by atoms with van der Waals surface area (Å²) in [6.07, 6.45) is 4.27. The van der Waals surface area contributed by atoms with E-state index < -0.39 is 11.1 Å². The van der Waals surface area contributed by atoms with Crippen LogP contribution in [-0.4, -0.2) is 40.0 Å². The van der Waals surface area contributed by atoms with E-state index >= 15 is 0 Å². The zero-order valence-electron chi connectivity index (χ0n) is 16.5. The number of H-pyrrole nitrogens is 1. The van der Waals surface area contributed by atoms with Gasteiger partial charge in [-0.3, -0.25) is 19.3 Å². The van der Waals surface area contributed by atoms with Crippen LogP contribution in [0.15, 0.2) is 59.6 Å². The molecule has 2 aromatic carbocycles. The van der Waals surface area contributed by atoms with Crippen LogP contribution in [-0.2, 0) is 16.0 Å². The van der Waals surface area contributed by atoms with Crippen LogP contribution in [0.4, 0.5) is 4.79 Å². The number of thioether (sulfide) groups is 1. The van der Waals surface area contributed by atoms with Gasteiger partial charge >= 0.3 is 0 Å². The average molecular weight is 420 g/mol. The van der Waals surface area contributed by atoms with E-state index in [0.29, 0.717) is 17.9 Å². The minimum atomic E-state index is -0.433. The Morgan fingerprint density at radius 2 is 1.90 bits per heavy atom. The van der Waals surface area contributed by atoms with Crippen LogP contribution in [0.25, 0.3) is 17.0 Å². The second kappa shape index (κ2) is 8.59. The predicted octanol–water partition coefficient (Wildman–Crippen LogP) is 3.87.